The highest BCUT2D eigenvalue weighted by Gasteiger charge is 2.32. The van der Waals surface area contributed by atoms with Crippen LogP contribution in [0.4, 0.5) is 0 Å². The predicted molar refractivity (Wildman–Crippen MR) is 139 cm³/mol. The highest BCUT2D eigenvalue weighted by atomic mass is 35.5. The van der Waals surface area contributed by atoms with E-state index in [2.05, 4.69) is 32.5 Å². The second-order valence-corrected chi connectivity index (χ2v) is 9.49. The number of hydrogen-bond acceptors (Lipinski definition) is 5. The highest BCUT2D eigenvalue weighted by Crippen LogP contribution is 2.34. The molecule has 1 aliphatic rings. The maximum absolute atomic E-state index is 10.7. The van der Waals surface area contributed by atoms with Gasteiger partial charge in [-0.25, -0.2) is 0 Å². The van der Waals surface area contributed by atoms with Crippen LogP contribution in [0, 0.1) is 0 Å². The standard InChI is InChI=1S/C21H26ClN2O2P.C4H10O2/c1-3-4-10-23-13-16-9-11-24(14(16)2)20-8-7-18(26-20)21(25)15-5-6-17(22)19(27)12-15;1-4(2,5)6-3/h5-6,9-13,18,20-21,25H,2-4,7-8,27H2,1H3;5H,1-3H3/b16-13-,23-10?;. The fraction of sp³-hybridized carbons (Fsp3) is 0.480. The summed E-state index contributed by atoms with van der Waals surface area (Å²) in [6.07, 6.45) is 8.35. The molecule has 8 heteroatoms. The monoisotopic (exact) mass is 494 g/mol. The van der Waals surface area contributed by atoms with Crippen LogP contribution < -0.4 is 15.9 Å². The van der Waals surface area contributed by atoms with E-state index in [1.54, 1.807) is 19.9 Å². The maximum Gasteiger partial charge on any atom is 0.159 e. The van der Waals surface area contributed by atoms with Crippen molar-refractivity contribution in [3.63, 3.8) is 0 Å². The summed E-state index contributed by atoms with van der Waals surface area (Å²) >= 11 is 6.06. The Labute approximate surface area is 203 Å². The number of ether oxygens (including phenoxy) is 2. The summed E-state index contributed by atoms with van der Waals surface area (Å²) in [5.41, 5.74) is 0.816. The van der Waals surface area contributed by atoms with E-state index in [1.807, 2.05) is 41.4 Å². The molecule has 1 aliphatic heterocycles. The van der Waals surface area contributed by atoms with E-state index < -0.39 is 11.9 Å². The van der Waals surface area contributed by atoms with Gasteiger partial charge in [0, 0.05) is 41.3 Å². The lowest BCUT2D eigenvalue weighted by molar-refractivity contribution is -0.155. The van der Waals surface area contributed by atoms with Crippen LogP contribution in [0.25, 0.3) is 12.8 Å². The van der Waals surface area contributed by atoms with Crippen molar-refractivity contribution in [1.29, 1.82) is 0 Å². The van der Waals surface area contributed by atoms with Gasteiger partial charge in [-0.3, -0.25) is 4.99 Å². The van der Waals surface area contributed by atoms with Crippen molar-refractivity contribution in [3.8, 4) is 0 Å². The molecule has 0 amide bonds. The lowest BCUT2D eigenvalue weighted by Crippen LogP contribution is -2.30. The van der Waals surface area contributed by atoms with E-state index >= 15 is 0 Å². The molecule has 4 unspecified atom stereocenters. The number of methoxy groups -OCH3 is 1. The van der Waals surface area contributed by atoms with E-state index in [0.29, 0.717) is 5.02 Å². The average Bonchev–Trinajstić information content (AvgIpc) is 3.39. The van der Waals surface area contributed by atoms with Gasteiger partial charge in [0.15, 0.2) is 5.79 Å². The van der Waals surface area contributed by atoms with E-state index in [0.717, 1.165) is 47.1 Å². The third-order valence-corrected chi connectivity index (χ3v) is 6.35. The van der Waals surface area contributed by atoms with E-state index in [9.17, 15) is 5.11 Å². The molecule has 0 spiro atoms. The van der Waals surface area contributed by atoms with Gasteiger partial charge in [-0.15, -0.1) is 9.24 Å². The minimum absolute atomic E-state index is 0.123. The Balaban J connectivity index is 0.000000569. The first-order chi connectivity index (χ1) is 15.6. The summed E-state index contributed by atoms with van der Waals surface area (Å²) in [7, 11) is 4.05. The number of aliphatic hydroxyl groups excluding tert-OH is 1. The second kappa shape index (κ2) is 12.8. The second-order valence-electron chi connectivity index (χ2n) is 8.46. The summed E-state index contributed by atoms with van der Waals surface area (Å²) in [6, 6.07) is 7.54. The summed E-state index contributed by atoms with van der Waals surface area (Å²) < 4.78 is 12.7. The minimum atomic E-state index is -0.958. The summed E-state index contributed by atoms with van der Waals surface area (Å²) in [5.74, 6) is -0.958. The van der Waals surface area contributed by atoms with Crippen LogP contribution in [0.5, 0.6) is 0 Å². The number of hydrogen-bond donors (Lipinski definition) is 2. The molecule has 6 nitrogen and oxygen atoms in total. The normalized spacial score (nSPS) is 20.2. The molecular weight excluding hydrogens is 459 g/mol. The molecule has 2 heterocycles. The number of aliphatic hydroxyl groups is 2. The Morgan fingerprint density at radius 3 is 2.70 bits per heavy atom. The molecule has 0 radical (unpaired) electrons. The third-order valence-electron chi connectivity index (χ3n) is 5.35. The van der Waals surface area contributed by atoms with Gasteiger partial charge in [-0.05, 0) is 62.2 Å². The van der Waals surface area contributed by atoms with Gasteiger partial charge in [0.25, 0.3) is 0 Å². The van der Waals surface area contributed by atoms with Crippen molar-refractivity contribution in [1.82, 2.24) is 4.57 Å². The van der Waals surface area contributed by atoms with Crippen LogP contribution in [-0.2, 0) is 9.47 Å². The van der Waals surface area contributed by atoms with Crippen LogP contribution in [0.2, 0.25) is 5.02 Å². The van der Waals surface area contributed by atoms with Gasteiger partial charge in [-0.1, -0.05) is 37.6 Å². The topological polar surface area (TPSA) is 76.2 Å². The summed E-state index contributed by atoms with van der Waals surface area (Å²) in [4.78, 5) is 4.33. The van der Waals surface area contributed by atoms with Crippen LogP contribution >= 0.6 is 20.8 Å². The van der Waals surface area contributed by atoms with E-state index in [-0.39, 0.29) is 12.3 Å². The number of unbranched alkanes of at least 4 members (excludes halogenated alkanes) is 1. The molecule has 1 aromatic carbocycles. The molecule has 4 atom stereocenters. The number of nitrogens with zero attached hydrogens (tertiary/aromatic N) is 2. The van der Waals surface area contributed by atoms with Gasteiger partial charge in [0.1, 0.15) is 12.3 Å². The first-order valence-corrected chi connectivity index (χ1v) is 12.1. The molecule has 33 heavy (non-hydrogen) atoms. The number of aliphatic imine (C=N–C) groups is 1. The molecule has 0 saturated carbocycles. The number of benzene rings is 1. The van der Waals surface area contributed by atoms with Crippen molar-refractivity contribution in [2.75, 3.05) is 7.11 Å². The molecule has 3 rings (SSSR count). The zero-order valence-electron chi connectivity index (χ0n) is 19.9. The van der Waals surface area contributed by atoms with Gasteiger partial charge in [-0.2, -0.15) is 0 Å². The Kier molecular flexibility index (Phi) is 10.7. The minimum Gasteiger partial charge on any atom is -0.386 e. The van der Waals surface area contributed by atoms with Gasteiger partial charge in [0.2, 0.25) is 0 Å². The smallest absolute Gasteiger partial charge is 0.159 e. The Bertz CT molecular complexity index is 1030. The summed E-state index contributed by atoms with van der Waals surface area (Å²) in [6.45, 7) is 9.45. The molecule has 2 N–H and O–H groups in total. The largest absolute Gasteiger partial charge is 0.386 e. The molecule has 1 aromatic heterocycles. The van der Waals surface area contributed by atoms with Crippen LogP contribution in [0.15, 0.2) is 35.5 Å². The van der Waals surface area contributed by atoms with Gasteiger partial charge < -0.3 is 24.3 Å². The molecule has 0 bridgehead atoms. The van der Waals surface area contributed by atoms with Crippen molar-refractivity contribution >= 4 is 45.1 Å². The zero-order chi connectivity index (χ0) is 24.6. The van der Waals surface area contributed by atoms with E-state index in [1.165, 1.54) is 7.11 Å². The van der Waals surface area contributed by atoms with Crippen molar-refractivity contribution in [2.24, 2.45) is 4.99 Å². The molecule has 0 aliphatic carbocycles. The van der Waals surface area contributed by atoms with Crippen molar-refractivity contribution in [2.45, 2.75) is 70.7 Å². The molecular formula is C25H36ClN2O4P. The van der Waals surface area contributed by atoms with Crippen LogP contribution in [0.1, 0.15) is 64.3 Å². The molecule has 182 valence electrons. The zero-order valence-corrected chi connectivity index (χ0v) is 21.8. The van der Waals surface area contributed by atoms with Gasteiger partial charge >= 0.3 is 0 Å². The lowest BCUT2D eigenvalue weighted by atomic mass is 10.0. The Morgan fingerprint density at radius 2 is 2.09 bits per heavy atom. The van der Waals surface area contributed by atoms with E-state index in [4.69, 9.17) is 21.4 Å². The van der Waals surface area contributed by atoms with Crippen molar-refractivity contribution in [3.05, 3.63) is 51.6 Å². The Hall–Kier alpha value is -1.53. The van der Waals surface area contributed by atoms with Gasteiger partial charge in [0.05, 0.1) is 6.10 Å². The van der Waals surface area contributed by atoms with Crippen LogP contribution in [-0.4, -0.2) is 40.0 Å². The van der Waals surface area contributed by atoms with Crippen molar-refractivity contribution < 1.29 is 19.7 Å². The quantitative estimate of drug-likeness (QED) is 0.351. The molecule has 1 fully saturated rings. The first kappa shape index (κ1) is 27.7. The lowest BCUT2D eigenvalue weighted by Gasteiger charge is -2.21. The SMILES string of the molecule is C=c1/c(=C\N=CCCC)ccn1C1CCC(C(O)c2ccc(Cl)c(P)c2)O1.COC(C)(C)O. The fourth-order valence-corrected chi connectivity index (χ4v) is 3.67. The number of rotatable bonds is 7. The third kappa shape index (κ3) is 8.32. The van der Waals surface area contributed by atoms with Crippen LogP contribution in [0.3, 0.4) is 0 Å². The first-order valence-electron chi connectivity index (χ1n) is 11.1. The number of halogens is 1. The Morgan fingerprint density at radius 1 is 1.39 bits per heavy atom. The average molecular weight is 495 g/mol. The summed E-state index contributed by atoms with van der Waals surface area (Å²) in [5, 5.41) is 22.7. The predicted octanol–water partition coefficient (Wildman–Crippen LogP) is 3.43. The fourth-order valence-electron chi connectivity index (χ4n) is 3.26. The maximum atomic E-state index is 10.7. The highest BCUT2D eigenvalue weighted by molar-refractivity contribution is 7.28. The molecule has 2 aromatic rings. The number of aromatic nitrogens is 1. The molecule has 1 saturated heterocycles.